The van der Waals surface area contributed by atoms with E-state index in [1.165, 1.54) is 12.1 Å². The first-order chi connectivity index (χ1) is 20.3. The van der Waals surface area contributed by atoms with Crippen molar-refractivity contribution in [3.8, 4) is 16.9 Å². The predicted octanol–water partition coefficient (Wildman–Crippen LogP) is 5.43. The van der Waals surface area contributed by atoms with E-state index in [0.717, 1.165) is 30.8 Å². The molecule has 5 rings (SSSR count). The Balaban J connectivity index is 1.29. The van der Waals surface area contributed by atoms with E-state index in [4.69, 9.17) is 47.9 Å². The van der Waals surface area contributed by atoms with Gasteiger partial charge in [-0.2, -0.15) is 0 Å². The second-order valence-electron chi connectivity index (χ2n) is 9.93. The molecule has 1 fully saturated rings. The van der Waals surface area contributed by atoms with Gasteiger partial charge in [-0.05, 0) is 36.8 Å². The second kappa shape index (κ2) is 13.3. The molecule has 4 aromatic rings. The zero-order chi connectivity index (χ0) is 29.8. The molecule has 1 amide bonds. The van der Waals surface area contributed by atoms with Crippen LogP contribution in [-0.4, -0.2) is 78.3 Å². The number of piperazine rings is 1. The topological polar surface area (TPSA) is 114 Å². The van der Waals surface area contributed by atoms with E-state index in [1.54, 1.807) is 31.5 Å². The molecular weight excluding hydrogens is 586 g/mol. The number of rotatable bonds is 10. The van der Waals surface area contributed by atoms with Crippen molar-refractivity contribution in [3.63, 3.8) is 0 Å². The Morgan fingerprint density at radius 3 is 2.60 bits per heavy atom. The minimum absolute atomic E-state index is 0.0155. The summed E-state index contributed by atoms with van der Waals surface area (Å²) in [6, 6.07) is 9.91. The minimum Gasteiger partial charge on any atom is -0.478 e. The Morgan fingerprint density at radius 1 is 1.14 bits per heavy atom. The number of ether oxygens (including phenoxy) is 2. The van der Waals surface area contributed by atoms with Gasteiger partial charge < -0.3 is 29.6 Å². The van der Waals surface area contributed by atoms with E-state index in [2.05, 4.69) is 9.88 Å². The summed E-state index contributed by atoms with van der Waals surface area (Å²) in [6.45, 7) is 6.16. The number of aliphatic hydroxyl groups is 1. The van der Waals surface area contributed by atoms with Gasteiger partial charge in [-0.1, -0.05) is 35.3 Å². The van der Waals surface area contributed by atoms with Crippen molar-refractivity contribution in [2.45, 2.75) is 13.0 Å². The Bertz CT molecular complexity index is 1560. The Kier molecular flexibility index (Phi) is 9.50. The molecular formula is C30H31Cl2FN4O5. The summed E-state index contributed by atoms with van der Waals surface area (Å²) in [7, 11) is 0. The molecule has 0 unspecified atom stereocenters. The average Bonchev–Trinajstić information content (AvgIpc) is 3.43. The number of pyridine rings is 1. The quantitative estimate of drug-likeness (QED) is 0.179. The molecule has 3 heterocycles. The molecule has 1 aliphatic rings. The van der Waals surface area contributed by atoms with Crippen LogP contribution in [-0.2, 0) is 4.74 Å². The summed E-state index contributed by atoms with van der Waals surface area (Å²) in [5, 5.41) is 9.60. The highest BCUT2D eigenvalue weighted by atomic mass is 35.5. The molecule has 0 radical (unpaired) electrons. The largest absolute Gasteiger partial charge is 0.478 e. The molecule has 0 spiro atoms. The third-order valence-corrected chi connectivity index (χ3v) is 7.99. The smallest absolute Gasteiger partial charge is 0.253 e. The zero-order valence-corrected chi connectivity index (χ0v) is 24.5. The van der Waals surface area contributed by atoms with Crippen LogP contribution in [0.25, 0.3) is 22.1 Å². The van der Waals surface area contributed by atoms with Gasteiger partial charge in [0, 0.05) is 60.6 Å². The first-order valence-electron chi connectivity index (χ1n) is 13.5. The van der Waals surface area contributed by atoms with Crippen LogP contribution in [0.5, 0.6) is 5.75 Å². The molecule has 12 heteroatoms. The molecule has 2 aromatic carbocycles. The first-order valence-corrected chi connectivity index (χ1v) is 14.3. The second-order valence-corrected chi connectivity index (χ2v) is 10.7. The van der Waals surface area contributed by atoms with Crippen molar-refractivity contribution in [1.29, 1.82) is 0 Å². The van der Waals surface area contributed by atoms with Gasteiger partial charge in [-0.15, -0.1) is 0 Å². The van der Waals surface area contributed by atoms with E-state index in [1.807, 2.05) is 17.0 Å². The highest BCUT2D eigenvalue weighted by molar-refractivity contribution is 6.36. The number of nitrogens with two attached hydrogens (primary N) is 1. The van der Waals surface area contributed by atoms with Crippen LogP contribution in [0.3, 0.4) is 0 Å². The van der Waals surface area contributed by atoms with Gasteiger partial charge in [0.2, 0.25) is 5.75 Å². The van der Waals surface area contributed by atoms with Gasteiger partial charge in [0.05, 0.1) is 36.5 Å². The number of carbonyl (C=O) groups excluding carboxylic acids is 1. The fourth-order valence-corrected chi connectivity index (χ4v) is 5.66. The van der Waals surface area contributed by atoms with Gasteiger partial charge in [0.1, 0.15) is 11.9 Å². The number of anilines is 1. The third-order valence-electron chi connectivity index (χ3n) is 7.27. The lowest BCUT2D eigenvalue weighted by Gasteiger charge is -2.34. The number of benzene rings is 2. The van der Waals surface area contributed by atoms with Crippen molar-refractivity contribution in [2.24, 2.45) is 0 Å². The molecule has 9 nitrogen and oxygen atoms in total. The predicted molar refractivity (Wildman–Crippen MR) is 160 cm³/mol. The molecule has 0 bridgehead atoms. The number of halogens is 3. The van der Waals surface area contributed by atoms with E-state index in [0.29, 0.717) is 42.8 Å². The van der Waals surface area contributed by atoms with E-state index >= 15 is 0 Å². The molecule has 0 aliphatic carbocycles. The molecule has 1 atom stereocenters. The SMILES string of the molecule is C[C@@H](Oc1c(N)ncc2c(-c3ccc(C(=O)N4CCN(CCOCCO)CC4)cc3)coc12)c1c(Cl)ccc(F)c1Cl. The lowest BCUT2D eigenvalue weighted by atomic mass is 10.0. The summed E-state index contributed by atoms with van der Waals surface area (Å²) in [4.78, 5) is 21.5. The summed E-state index contributed by atoms with van der Waals surface area (Å²) < 4.78 is 31.4. The molecule has 222 valence electrons. The Hall–Kier alpha value is -3.41. The van der Waals surface area contributed by atoms with Crippen molar-refractivity contribution in [1.82, 2.24) is 14.8 Å². The zero-order valence-electron chi connectivity index (χ0n) is 23.0. The number of furan rings is 1. The van der Waals surface area contributed by atoms with E-state index in [-0.39, 0.29) is 39.7 Å². The third kappa shape index (κ3) is 6.33. The molecule has 1 aliphatic heterocycles. The van der Waals surface area contributed by atoms with Crippen LogP contribution < -0.4 is 10.5 Å². The van der Waals surface area contributed by atoms with Gasteiger partial charge in [-0.25, -0.2) is 9.37 Å². The van der Waals surface area contributed by atoms with Crippen LogP contribution in [0.15, 0.2) is 53.3 Å². The van der Waals surface area contributed by atoms with Crippen LogP contribution in [0, 0.1) is 5.82 Å². The van der Waals surface area contributed by atoms with Crippen LogP contribution in [0.2, 0.25) is 10.0 Å². The Labute approximate surface area is 252 Å². The maximum atomic E-state index is 14.1. The fraction of sp³-hybridized carbons (Fsp3) is 0.333. The highest BCUT2D eigenvalue weighted by Gasteiger charge is 2.24. The molecule has 3 N–H and O–H groups in total. The van der Waals surface area contributed by atoms with Crippen molar-refractivity contribution >= 4 is 45.9 Å². The van der Waals surface area contributed by atoms with Gasteiger partial charge in [0.25, 0.3) is 5.91 Å². The number of aromatic nitrogens is 1. The highest BCUT2D eigenvalue weighted by Crippen LogP contribution is 2.41. The number of aliphatic hydroxyl groups excluding tert-OH is 1. The van der Waals surface area contributed by atoms with E-state index in [9.17, 15) is 9.18 Å². The molecule has 2 aromatic heterocycles. The minimum atomic E-state index is -0.754. The standard InChI is InChI=1S/C30H31Cl2FN4O5/c1-18(25-23(31)6-7-24(33)26(25)32)42-28-27-21(16-35-29(28)34)22(17-41-27)19-2-4-20(5-3-19)30(39)37-10-8-36(9-11-37)12-14-40-15-13-38/h2-7,16-18,38H,8-15H2,1H3,(H2,34,35)/t18-/m1/s1. The number of hydrogen-bond acceptors (Lipinski definition) is 8. The Morgan fingerprint density at radius 2 is 1.88 bits per heavy atom. The lowest BCUT2D eigenvalue weighted by Crippen LogP contribution is -2.49. The normalized spacial score (nSPS) is 14.8. The van der Waals surface area contributed by atoms with Gasteiger partial charge in [-0.3, -0.25) is 9.69 Å². The number of hydrogen-bond donors (Lipinski definition) is 2. The van der Waals surface area contributed by atoms with Crippen molar-refractivity contribution in [3.05, 3.63) is 75.8 Å². The van der Waals surface area contributed by atoms with Crippen molar-refractivity contribution in [2.75, 3.05) is 58.3 Å². The summed E-state index contributed by atoms with van der Waals surface area (Å²) in [6.07, 6.45) is 2.42. The molecule has 1 saturated heterocycles. The number of amides is 1. The first kappa shape index (κ1) is 30.1. The van der Waals surface area contributed by atoms with Crippen LogP contribution >= 0.6 is 23.2 Å². The summed E-state index contributed by atoms with van der Waals surface area (Å²) >= 11 is 12.5. The lowest BCUT2D eigenvalue weighted by molar-refractivity contribution is 0.0486. The van der Waals surface area contributed by atoms with Gasteiger partial charge in [0.15, 0.2) is 11.4 Å². The number of carbonyl (C=O) groups is 1. The van der Waals surface area contributed by atoms with Crippen LogP contribution in [0.1, 0.15) is 28.9 Å². The molecule has 42 heavy (non-hydrogen) atoms. The van der Waals surface area contributed by atoms with Crippen molar-refractivity contribution < 1.29 is 28.2 Å². The summed E-state index contributed by atoms with van der Waals surface area (Å²) in [5.41, 5.74) is 8.95. The monoisotopic (exact) mass is 616 g/mol. The van der Waals surface area contributed by atoms with Crippen LogP contribution in [0.4, 0.5) is 10.2 Å². The summed E-state index contributed by atoms with van der Waals surface area (Å²) in [5.74, 6) is -0.351. The average molecular weight is 618 g/mol. The number of fused-ring (bicyclic) bond motifs is 1. The van der Waals surface area contributed by atoms with Gasteiger partial charge >= 0.3 is 0 Å². The number of nitrogen functional groups attached to an aromatic ring is 1. The van der Waals surface area contributed by atoms with E-state index < -0.39 is 11.9 Å². The fourth-order valence-electron chi connectivity index (χ4n) is 4.98. The molecule has 0 saturated carbocycles. The number of nitrogens with zero attached hydrogens (tertiary/aromatic N) is 3. The maximum Gasteiger partial charge on any atom is 0.253 e. The maximum absolute atomic E-state index is 14.1.